The summed E-state index contributed by atoms with van der Waals surface area (Å²) in [5.74, 6) is -0.214. The van der Waals surface area contributed by atoms with Crippen molar-refractivity contribution in [2.45, 2.75) is 13.2 Å². The van der Waals surface area contributed by atoms with Crippen LogP contribution in [0.25, 0.3) is 0 Å². The third kappa shape index (κ3) is 4.87. The Labute approximate surface area is 145 Å². The highest BCUT2D eigenvalue weighted by Crippen LogP contribution is 2.08. The van der Waals surface area contributed by atoms with Gasteiger partial charge in [-0.25, -0.2) is 10.2 Å². The molecule has 128 valence electrons. The van der Waals surface area contributed by atoms with Gasteiger partial charge in [-0.1, -0.05) is 36.4 Å². The number of hydrogen-bond donors (Lipinski definition) is 1. The van der Waals surface area contributed by atoms with Gasteiger partial charge in [-0.05, 0) is 5.56 Å². The molecule has 1 aliphatic heterocycles. The second kappa shape index (κ2) is 8.05. The van der Waals surface area contributed by atoms with E-state index in [0.29, 0.717) is 13.1 Å². The summed E-state index contributed by atoms with van der Waals surface area (Å²) >= 11 is 0. The van der Waals surface area contributed by atoms with Crippen molar-refractivity contribution in [3.63, 3.8) is 0 Å². The van der Waals surface area contributed by atoms with E-state index in [9.17, 15) is 9.59 Å². The molecule has 1 aromatic carbocycles. The Hall–Kier alpha value is -3.22. The summed E-state index contributed by atoms with van der Waals surface area (Å²) in [6.07, 6.45) is 3.23. The van der Waals surface area contributed by atoms with Crippen LogP contribution in [-0.2, 0) is 22.7 Å². The van der Waals surface area contributed by atoms with E-state index in [4.69, 9.17) is 4.74 Å². The number of hydrazone groups is 1. The van der Waals surface area contributed by atoms with Crippen molar-refractivity contribution < 1.29 is 18.9 Å². The Morgan fingerprint density at radius 2 is 1.76 bits per heavy atom. The highest BCUT2D eigenvalue weighted by Gasteiger charge is 2.28. The molecular formula is C18H19N4O3+. The minimum Gasteiger partial charge on any atom is -0.445 e. The van der Waals surface area contributed by atoms with Crippen LogP contribution in [0.1, 0.15) is 5.56 Å². The van der Waals surface area contributed by atoms with Crippen molar-refractivity contribution in [1.82, 2.24) is 10.3 Å². The van der Waals surface area contributed by atoms with Gasteiger partial charge in [0, 0.05) is 12.1 Å². The molecule has 0 atom stereocenters. The standard InChI is InChI=1S/C18H18N4O3/c23-17(13-21-9-5-2-6-10-21)20-19-16-11-22(12-16)18(24)25-14-15-7-3-1-4-8-15/h1-10H,11-14H2/p+1. The van der Waals surface area contributed by atoms with Gasteiger partial charge in [0.25, 0.3) is 0 Å². The third-order valence-corrected chi connectivity index (χ3v) is 3.65. The zero-order chi connectivity index (χ0) is 17.5. The number of benzene rings is 1. The van der Waals surface area contributed by atoms with Crippen LogP contribution in [0.2, 0.25) is 0 Å². The normalized spacial score (nSPS) is 13.0. The Morgan fingerprint density at radius 3 is 2.48 bits per heavy atom. The van der Waals surface area contributed by atoms with E-state index in [0.717, 1.165) is 11.3 Å². The second-order valence-electron chi connectivity index (χ2n) is 5.66. The number of hydrogen-bond acceptors (Lipinski definition) is 4. The number of ether oxygens (including phenoxy) is 1. The number of rotatable bonds is 5. The summed E-state index contributed by atoms with van der Waals surface area (Å²) in [4.78, 5) is 25.2. The summed E-state index contributed by atoms with van der Waals surface area (Å²) in [5.41, 5.74) is 4.18. The van der Waals surface area contributed by atoms with Crippen molar-refractivity contribution >= 4 is 17.7 Å². The molecule has 0 saturated carbocycles. The van der Waals surface area contributed by atoms with Crippen LogP contribution in [0.4, 0.5) is 4.79 Å². The molecule has 7 heteroatoms. The molecule has 1 aliphatic rings. The van der Waals surface area contributed by atoms with Crippen LogP contribution in [0.3, 0.4) is 0 Å². The van der Waals surface area contributed by atoms with Gasteiger partial charge in [-0.2, -0.15) is 9.67 Å². The largest absolute Gasteiger partial charge is 0.445 e. The van der Waals surface area contributed by atoms with E-state index in [-0.39, 0.29) is 25.2 Å². The van der Waals surface area contributed by atoms with Gasteiger partial charge in [-0.15, -0.1) is 0 Å². The van der Waals surface area contributed by atoms with Crippen molar-refractivity contribution in [1.29, 1.82) is 0 Å². The van der Waals surface area contributed by atoms with Gasteiger partial charge in [-0.3, -0.25) is 9.69 Å². The molecule has 1 saturated heterocycles. The molecular weight excluding hydrogens is 320 g/mol. The molecule has 1 fully saturated rings. The summed E-state index contributed by atoms with van der Waals surface area (Å²) in [6.45, 7) is 1.17. The molecule has 3 rings (SSSR count). The average Bonchev–Trinajstić information content (AvgIpc) is 2.60. The predicted octanol–water partition coefficient (Wildman–Crippen LogP) is 1.10. The molecule has 2 amide bonds. The first-order chi connectivity index (χ1) is 12.2. The fraction of sp³-hybridized carbons (Fsp3) is 0.222. The molecule has 0 spiro atoms. The van der Waals surface area contributed by atoms with E-state index in [2.05, 4.69) is 10.5 Å². The minimum atomic E-state index is -0.381. The van der Waals surface area contributed by atoms with Gasteiger partial charge in [0.1, 0.15) is 6.61 Å². The van der Waals surface area contributed by atoms with E-state index < -0.39 is 0 Å². The molecule has 0 aliphatic carbocycles. The summed E-state index contributed by atoms with van der Waals surface area (Å²) in [7, 11) is 0. The van der Waals surface area contributed by atoms with E-state index in [1.54, 1.807) is 17.0 Å². The van der Waals surface area contributed by atoms with Gasteiger partial charge in [0.2, 0.25) is 6.54 Å². The fourth-order valence-electron chi connectivity index (χ4n) is 2.29. The maximum absolute atomic E-state index is 11.9. The first kappa shape index (κ1) is 16.6. The monoisotopic (exact) mass is 339 g/mol. The first-order valence-corrected chi connectivity index (χ1v) is 7.95. The number of amides is 2. The predicted molar refractivity (Wildman–Crippen MR) is 90.4 cm³/mol. The van der Waals surface area contributed by atoms with Crippen molar-refractivity contribution in [2.24, 2.45) is 5.10 Å². The van der Waals surface area contributed by atoms with Crippen LogP contribution < -0.4 is 9.99 Å². The highest BCUT2D eigenvalue weighted by molar-refractivity contribution is 5.98. The lowest BCUT2D eigenvalue weighted by atomic mass is 10.2. The number of nitrogens with one attached hydrogen (secondary N) is 1. The van der Waals surface area contributed by atoms with Crippen molar-refractivity contribution in [2.75, 3.05) is 13.1 Å². The molecule has 2 aromatic rings. The Balaban J connectivity index is 1.37. The molecule has 1 N–H and O–H groups in total. The Morgan fingerprint density at radius 1 is 1.08 bits per heavy atom. The molecule has 25 heavy (non-hydrogen) atoms. The number of nitrogens with zero attached hydrogens (tertiary/aromatic N) is 3. The van der Waals surface area contributed by atoms with Crippen molar-refractivity contribution in [3.8, 4) is 0 Å². The second-order valence-corrected chi connectivity index (χ2v) is 5.66. The van der Waals surface area contributed by atoms with E-state index >= 15 is 0 Å². The zero-order valence-corrected chi connectivity index (χ0v) is 13.7. The van der Waals surface area contributed by atoms with Gasteiger partial charge >= 0.3 is 12.0 Å². The maximum atomic E-state index is 11.9. The average molecular weight is 339 g/mol. The van der Waals surface area contributed by atoms with Crippen molar-refractivity contribution in [3.05, 3.63) is 66.5 Å². The first-order valence-electron chi connectivity index (χ1n) is 7.95. The quantitative estimate of drug-likeness (QED) is 0.655. The Bertz CT molecular complexity index is 754. The van der Waals surface area contributed by atoms with Gasteiger partial charge in [0.15, 0.2) is 12.4 Å². The van der Waals surface area contributed by atoms with Gasteiger partial charge < -0.3 is 4.74 Å². The number of aromatic nitrogens is 1. The summed E-state index contributed by atoms with van der Waals surface area (Å²) < 4.78 is 6.98. The summed E-state index contributed by atoms with van der Waals surface area (Å²) in [5, 5.41) is 4.03. The lowest BCUT2D eigenvalue weighted by Gasteiger charge is -2.31. The van der Waals surface area contributed by atoms with Crippen LogP contribution >= 0.6 is 0 Å². The zero-order valence-electron chi connectivity index (χ0n) is 13.7. The number of pyridine rings is 1. The third-order valence-electron chi connectivity index (χ3n) is 3.65. The lowest BCUT2D eigenvalue weighted by Crippen LogP contribution is -2.52. The smallest absolute Gasteiger partial charge is 0.410 e. The van der Waals surface area contributed by atoms with Crippen LogP contribution in [0.15, 0.2) is 66.0 Å². The maximum Gasteiger partial charge on any atom is 0.410 e. The number of carbonyl (C=O) groups excluding carboxylic acids is 2. The number of carbonyl (C=O) groups is 2. The molecule has 0 radical (unpaired) electrons. The van der Waals surface area contributed by atoms with E-state index in [1.165, 1.54) is 4.90 Å². The molecule has 1 aromatic heterocycles. The lowest BCUT2D eigenvalue weighted by molar-refractivity contribution is -0.684. The van der Waals surface area contributed by atoms with Crippen LogP contribution in [-0.4, -0.2) is 35.7 Å². The highest BCUT2D eigenvalue weighted by atomic mass is 16.6. The Kier molecular flexibility index (Phi) is 5.36. The van der Waals surface area contributed by atoms with Gasteiger partial charge in [0.05, 0.1) is 18.8 Å². The number of likely N-dealkylation sites (tertiary alicyclic amines) is 1. The molecule has 0 unspecified atom stereocenters. The molecule has 0 bridgehead atoms. The minimum absolute atomic E-state index is 0.195. The SMILES string of the molecule is O=C(C[n+]1ccccc1)NN=C1CN(C(=O)OCc2ccccc2)C1. The molecule has 2 heterocycles. The topological polar surface area (TPSA) is 74.9 Å². The summed E-state index contributed by atoms with van der Waals surface area (Å²) in [6, 6.07) is 15.1. The van der Waals surface area contributed by atoms with Crippen LogP contribution in [0, 0.1) is 0 Å². The van der Waals surface area contributed by atoms with Crippen LogP contribution in [0.5, 0.6) is 0 Å². The fourth-order valence-corrected chi connectivity index (χ4v) is 2.29. The van der Waals surface area contributed by atoms with E-state index in [1.807, 2.05) is 48.5 Å². The molecule has 7 nitrogen and oxygen atoms in total.